The Morgan fingerprint density at radius 3 is 2.00 bits per heavy atom. The third kappa shape index (κ3) is 7.29. The molecule has 0 spiro atoms. The number of rotatable bonds is 14. The number of nitro groups is 1. The van der Waals surface area contributed by atoms with Crippen LogP contribution < -0.4 is 0 Å². The molecule has 2 aromatic carbocycles. The summed E-state index contributed by atoms with van der Waals surface area (Å²) in [4.78, 5) is 22.9. The van der Waals surface area contributed by atoms with Crippen LogP contribution in [-0.2, 0) is 6.42 Å². The van der Waals surface area contributed by atoms with Gasteiger partial charge in [-0.05, 0) is 24.5 Å². The number of phenolic OH excluding ortho intramolecular Hbond substituents is 1. The lowest BCUT2D eigenvalue weighted by Crippen LogP contribution is -2.03. The van der Waals surface area contributed by atoms with Crippen LogP contribution in [0.3, 0.4) is 0 Å². The highest BCUT2D eigenvalue weighted by Gasteiger charge is 2.21. The van der Waals surface area contributed by atoms with Crippen molar-refractivity contribution in [3.8, 4) is 5.75 Å². The van der Waals surface area contributed by atoms with Gasteiger partial charge in [-0.3, -0.25) is 14.9 Å². The number of carbonyl (C=O) groups excluding carboxylic acids is 1. The van der Waals surface area contributed by atoms with Gasteiger partial charge in [-0.25, -0.2) is 0 Å². The molecule has 162 valence electrons. The fraction of sp³-hybridized carbons (Fsp3) is 0.480. The van der Waals surface area contributed by atoms with E-state index in [9.17, 15) is 20.0 Å². The van der Waals surface area contributed by atoms with Gasteiger partial charge in [0, 0.05) is 11.6 Å². The molecule has 2 rings (SSSR count). The van der Waals surface area contributed by atoms with Crippen molar-refractivity contribution in [1.82, 2.24) is 0 Å². The van der Waals surface area contributed by atoms with Crippen molar-refractivity contribution in [1.29, 1.82) is 0 Å². The van der Waals surface area contributed by atoms with E-state index in [1.807, 2.05) is 12.1 Å². The summed E-state index contributed by atoms with van der Waals surface area (Å²) in [5.74, 6) is -0.997. The minimum Gasteiger partial charge on any atom is -0.502 e. The Morgan fingerprint density at radius 2 is 1.43 bits per heavy atom. The molecular formula is C25H33NO4. The van der Waals surface area contributed by atoms with Crippen LogP contribution in [0.25, 0.3) is 0 Å². The van der Waals surface area contributed by atoms with Crippen molar-refractivity contribution >= 4 is 11.5 Å². The Hall–Kier alpha value is -2.69. The van der Waals surface area contributed by atoms with E-state index in [0.717, 1.165) is 12.8 Å². The van der Waals surface area contributed by atoms with Gasteiger partial charge < -0.3 is 5.11 Å². The van der Waals surface area contributed by atoms with E-state index in [1.54, 1.807) is 12.1 Å². The van der Waals surface area contributed by atoms with Crippen molar-refractivity contribution in [3.05, 3.63) is 69.3 Å². The molecule has 30 heavy (non-hydrogen) atoms. The molecule has 2 aromatic rings. The fourth-order valence-electron chi connectivity index (χ4n) is 3.66. The lowest BCUT2D eigenvalue weighted by atomic mass is 9.99. The first-order valence-electron chi connectivity index (χ1n) is 11.1. The molecule has 0 fully saturated rings. The van der Waals surface area contributed by atoms with Gasteiger partial charge in [-0.2, -0.15) is 0 Å². The molecule has 0 unspecified atom stereocenters. The maximum atomic E-state index is 12.6. The quantitative estimate of drug-likeness (QED) is 0.157. The second kappa shape index (κ2) is 12.8. The molecule has 0 saturated carbocycles. The zero-order chi connectivity index (χ0) is 21.8. The topological polar surface area (TPSA) is 80.4 Å². The summed E-state index contributed by atoms with van der Waals surface area (Å²) in [6.45, 7) is 2.24. The first-order chi connectivity index (χ1) is 14.5. The van der Waals surface area contributed by atoms with Crippen LogP contribution in [0.5, 0.6) is 5.75 Å². The molecule has 0 aliphatic carbocycles. The predicted molar refractivity (Wildman–Crippen MR) is 120 cm³/mol. The van der Waals surface area contributed by atoms with Gasteiger partial charge in [0.05, 0.1) is 10.5 Å². The monoisotopic (exact) mass is 411 g/mol. The zero-order valence-corrected chi connectivity index (χ0v) is 17.9. The second-order valence-electron chi connectivity index (χ2n) is 7.89. The number of unbranched alkanes of at least 4 members (excludes halogenated alkanes) is 9. The summed E-state index contributed by atoms with van der Waals surface area (Å²) >= 11 is 0. The Bertz CT molecular complexity index is 814. The molecule has 1 N–H and O–H groups in total. The largest absolute Gasteiger partial charge is 0.502 e. The van der Waals surface area contributed by atoms with Crippen LogP contribution in [0.4, 0.5) is 5.69 Å². The molecule has 5 nitrogen and oxygen atoms in total. The van der Waals surface area contributed by atoms with E-state index in [4.69, 9.17) is 0 Å². The molecule has 0 radical (unpaired) electrons. The van der Waals surface area contributed by atoms with E-state index in [2.05, 4.69) is 6.92 Å². The van der Waals surface area contributed by atoms with Crippen LogP contribution in [0.15, 0.2) is 42.5 Å². The number of benzene rings is 2. The van der Waals surface area contributed by atoms with Gasteiger partial charge in [0.25, 0.3) is 0 Å². The summed E-state index contributed by atoms with van der Waals surface area (Å²) < 4.78 is 0. The third-order valence-electron chi connectivity index (χ3n) is 5.49. The number of hydrogen-bond acceptors (Lipinski definition) is 4. The van der Waals surface area contributed by atoms with Gasteiger partial charge in [0.15, 0.2) is 5.78 Å². The van der Waals surface area contributed by atoms with E-state index in [0.29, 0.717) is 5.56 Å². The Balaban J connectivity index is 1.76. The number of para-hydroxylation sites is 1. The smallest absolute Gasteiger partial charge is 0.311 e. The normalized spacial score (nSPS) is 10.8. The third-order valence-corrected chi connectivity index (χ3v) is 5.49. The van der Waals surface area contributed by atoms with Crippen LogP contribution in [0.1, 0.15) is 92.6 Å². The molecule has 0 aliphatic rings. The van der Waals surface area contributed by atoms with Crippen molar-refractivity contribution in [2.75, 3.05) is 0 Å². The molecule has 0 heterocycles. The molecular weight excluding hydrogens is 378 g/mol. The molecule has 0 bridgehead atoms. The van der Waals surface area contributed by atoms with Crippen LogP contribution >= 0.6 is 0 Å². The Kier molecular flexibility index (Phi) is 10.1. The number of ketones is 1. The Labute approximate surface area is 179 Å². The highest BCUT2D eigenvalue weighted by molar-refractivity contribution is 6.11. The molecule has 0 saturated heterocycles. The highest BCUT2D eigenvalue weighted by Crippen LogP contribution is 2.30. The minimum absolute atomic E-state index is 0.0494. The summed E-state index contributed by atoms with van der Waals surface area (Å²) in [6, 6.07) is 11.3. The summed E-state index contributed by atoms with van der Waals surface area (Å²) in [5.41, 5.74) is 1.08. The number of nitrogens with zero attached hydrogens (tertiary/aromatic N) is 1. The summed E-state index contributed by atoms with van der Waals surface area (Å²) in [6.07, 6.45) is 14.0. The lowest BCUT2D eigenvalue weighted by Gasteiger charge is -2.06. The lowest BCUT2D eigenvalue weighted by molar-refractivity contribution is -0.385. The van der Waals surface area contributed by atoms with Crippen LogP contribution in [0, 0.1) is 10.1 Å². The first kappa shape index (κ1) is 23.6. The Morgan fingerprint density at radius 1 is 0.867 bits per heavy atom. The second-order valence-corrected chi connectivity index (χ2v) is 7.89. The van der Waals surface area contributed by atoms with Crippen molar-refractivity contribution < 1.29 is 14.8 Å². The van der Waals surface area contributed by atoms with E-state index in [-0.39, 0.29) is 5.56 Å². The molecule has 0 aromatic heterocycles. The van der Waals surface area contributed by atoms with Crippen molar-refractivity contribution in [3.63, 3.8) is 0 Å². The van der Waals surface area contributed by atoms with Gasteiger partial charge in [-0.15, -0.1) is 0 Å². The van der Waals surface area contributed by atoms with Crippen LogP contribution in [0.2, 0.25) is 0 Å². The van der Waals surface area contributed by atoms with E-state index in [1.165, 1.54) is 81.5 Å². The number of aryl methyl sites for hydroxylation is 1. The summed E-state index contributed by atoms with van der Waals surface area (Å²) in [5, 5.41) is 21.0. The number of aromatic hydroxyl groups is 1. The van der Waals surface area contributed by atoms with Crippen molar-refractivity contribution in [2.45, 2.75) is 77.6 Å². The average molecular weight is 412 g/mol. The van der Waals surface area contributed by atoms with Gasteiger partial charge in [0.1, 0.15) is 0 Å². The molecule has 0 aliphatic heterocycles. The van der Waals surface area contributed by atoms with Gasteiger partial charge in [0.2, 0.25) is 5.75 Å². The zero-order valence-electron chi connectivity index (χ0n) is 17.9. The number of carbonyl (C=O) groups is 1. The number of phenols is 1. The van der Waals surface area contributed by atoms with Crippen molar-refractivity contribution in [2.24, 2.45) is 0 Å². The first-order valence-corrected chi connectivity index (χ1v) is 11.1. The summed E-state index contributed by atoms with van der Waals surface area (Å²) in [7, 11) is 0. The van der Waals surface area contributed by atoms with Crippen LogP contribution in [-0.4, -0.2) is 15.8 Å². The fourth-order valence-corrected chi connectivity index (χ4v) is 3.66. The van der Waals surface area contributed by atoms with Gasteiger partial charge >= 0.3 is 5.69 Å². The standard InChI is InChI=1S/C25H33NO4/c1-2-3-4-5-6-7-8-9-10-11-13-20-16-18-21(19-17-20)24(27)22-14-12-15-23(25(22)28)26(29)30/h12,14-19,28H,2-11,13H2,1H3. The highest BCUT2D eigenvalue weighted by atomic mass is 16.6. The van der Waals surface area contributed by atoms with E-state index < -0.39 is 22.1 Å². The SMILES string of the molecule is CCCCCCCCCCCCc1ccc(C(=O)c2cccc([N+](=O)[O-])c2O)cc1. The molecule has 0 atom stereocenters. The predicted octanol–water partition coefficient (Wildman–Crippen LogP) is 6.99. The van der Waals surface area contributed by atoms with Gasteiger partial charge in [-0.1, -0.05) is 95.0 Å². The maximum absolute atomic E-state index is 12.6. The maximum Gasteiger partial charge on any atom is 0.311 e. The number of nitro benzene ring substituents is 1. The van der Waals surface area contributed by atoms with E-state index >= 15 is 0 Å². The number of hydrogen-bond donors (Lipinski definition) is 1. The molecule has 0 amide bonds. The minimum atomic E-state index is -0.693. The molecule has 5 heteroatoms. The average Bonchev–Trinajstić information content (AvgIpc) is 2.75.